The van der Waals surface area contributed by atoms with E-state index in [2.05, 4.69) is 4.98 Å². The van der Waals surface area contributed by atoms with Crippen LogP contribution in [0, 0.1) is 0 Å². The fourth-order valence-electron chi connectivity index (χ4n) is 1.99. The second kappa shape index (κ2) is 4.35. The molecule has 0 unspecified atom stereocenters. The Balaban J connectivity index is 2.02. The molecular weight excluding hydrogens is 248 g/mol. The van der Waals surface area contributed by atoms with Crippen LogP contribution in [0.1, 0.15) is 11.4 Å². The van der Waals surface area contributed by atoms with Crippen LogP contribution < -0.4 is 0 Å². The summed E-state index contributed by atoms with van der Waals surface area (Å²) in [5, 5.41) is 10.2. The molecule has 0 fully saturated rings. The SMILES string of the molecule is Oc1ccc2cnc(Cc3cccc(Cl)c3)n2c1. The van der Waals surface area contributed by atoms with Gasteiger partial charge in [0.2, 0.25) is 0 Å². The average molecular weight is 259 g/mol. The first-order valence-electron chi connectivity index (χ1n) is 5.62. The Morgan fingerprint density at radius 2 is 2.11 bits per heavy atom. The van der Waals surface area contributed by atoms with Crippen molar-refractivity contribution in [2.45, 2.75) is 6.42 Å². The predicted octanol–water partition coefficient (Wildman–Crippen LogP) is 3.28. The lowest BCUT2D eigenvalue weighted by Crippen LogP contribution is -1.96. The van der Waals surface area contributed by atoms with Crippen molar-refractivity contribution in [3.8, 4) is 5.75 Å². The van der Waals surface area contributed by atoms with Gasteiger partial charge >= 0.3 is 0 Å². The minimum atomic E-state index is 0.229. The van der Waals surface area contributed by atoms with Gasteiger partial charge in [0.05, 0.1) is 17.9 Å². The quantitative estimate of drug-likeness (QED) is 0.766. The van der Waals surface area contributed by atoms with Crippen LogP contribution in [-0.4, -0.2) is 14.5 Å². The molecule has 3 rings (SSSR count). The molecule has 0 bridgehead atoms. The number of aromatic hydroxyl groups is 1. The van der Waals surface area contributed by atoms with Crippen molar-refractivity contribution in [3.63, 3.8) is 0 Å². The first-order valence-corrected chi connectivity index (χ1v) is 5.99. The van der Waals surface area contributed by atoms with E-state index in [0.29, 0.717) is 6.42 Å². The monoisotopic (exact) mass is 258 g/mol. The second-order valence-corrected chi connectivity index (χ2v) is 4.60. The van der Waals surface area contributed by atoms with E-state index in [-0.39, 0.29) is 5.75 Å². The topological polar surface area (TPSA) is 37.5 Å². The van der Waals surface area contributed by atoms with Crippen LogP contribution in [-0.2, 0) is 6.42 Å². The van der Waals surface area contributed by atoms with Crippen molar-refractivity contribution in [1.29, 1.82) is 0 Å². The Labute approximate surface area is 109 Å². The Morgan fingerprint density at radius 1 is 1.22 bits per heavy atom. The maximum Gasteiger partial charge on any atom is 0.132 e. The molecule has 0 spiro atoms. The highest BCUT2D eigenvalue weighted by Crippen LogP contribution is 2.17. The number of imidazole rings is 1. The van der Waals surface area contributed by atoms with Gasteiger partial charge in [0.1, 0.15) is 11.6 Å². The van der Waals surface area contributed by atoms with E-state index in [9.17, 15) is 5.11 Å². The van der Waals surface area contributed by atoms with E-state index in [0.717, 1.165) is 21.9 Å². The van der Waals surface area contributed by atoms with Gasteiger partial charge in [-0.3, -0.25) is 4.40 Å². The number of aromatic nitrogens is 2. The van der Waals surface area contributed by atoms with Crippen molar-refractivity contribution in [1.82, 2.24) is 9.38 Å². The van der Waals surface area contributed by atoms with Crippen LogP contribution in [0.4, 0.5) is 0 Å². The molecule has 18 heavy (non-hydrogen) atoms. The molecule has 0 radical (unpaired) electrons. The minimum Gasteiger partial charge on any atom is -0.506 e. The summed E-state index contributed by atoms with van der Waals surface area (Å²) < 4.78 is 1.89. The van der Waals surface area contributed by atoms with Gasteiger partial charge in [-0.1, -0.05) is 23.7 Å². The largest absolute Gasteiger partial charge is 0.506 e. The standard InChI is InChI=1S/C14H11ClN2O/c15-11-3-1-2-10(6-11)7-14-16-8-12-4-5-13(18)9-17(12)14/h1-6,8-9,18H,7H2. The fourth-order valence-corrected chi connectivity index (χ4v) is 2.21. The molecule has 4 heteroatoms. The number of rotatable bonds is 2. The first-order chi connectivity index (χ1) is 8.72. The molecule has 3 aromatic rings. The molecule has 1 N–H and O–H groups in total. The van der Waals surface area contributed by atoms with E-state index in [1.807, 2.05) is 34.7 Å². The van der Waals surface area contributed by atoms with Crippen LogP contribution in [0.15, 0.2) is 48.8 Å². The highest BCUT2D eigenvalue weighted by Gasteiger charge is 2.05. The third-order valence-corrected chi connectivity index (χ3v) is 3.07. The highest BCUT2D eigenvalue weighted by atomic mass is 35.5. The molecule has 0 aliphatic rings. The normalized spacial score (nSPS) is 10.9. The molecule has 0 aliphatic carbocycles. The van der Waals surface area contributed by atoms with Gasteiger partial charge in [-0.05, 0) is 29.8 Å². The van der Waals surface area contributed by atoms with Crippen molar-refractivity contribution in [2.24, 2.45) is 0 Å². The fraction of sp³-hybridized carbons (Fsp3) is 0.0714. The summed E-state index contributed by atoms with van der Waals surface area (Å²) >= 11 is 5.96. The molecule has 0 saturated heterocycles. The summed E-state index contributed by atoms with van der Waals surface area (Å²) in [7, 11) is 0. The molecule has 90 valence electrons. The Bertz CT molecular complexity index is 706. The number of fused-ring (bicyclic) bond motifs is 1. The van der Waals surface area contributed by atoms with E-state index in [1.165, 1.54) is 0 Å². The van der Waals surface area contributed by atoms with E-state index >= 15 is 0 Å². The van der Waals surface area contributed by atoms with Gasteiger partial charge in [-0.15, -0.1) is 0 Å². The van der Waals surface area contributed by atoms with Crippen molar-refractivity contribution in [2.75, 3.05) is 0 Å². The number of hydrogen-bond donors (Lipinski definition) is 1. The first kappa shape index (κ1) is 11.1. The lowest BCUT2D eigenvalue weighted by atomic mass is 10.1. The van der Waals surface area contributed by atoms with E-state index in [4.69, 9.17) is 11.6 Å². The number of halogens is 1. The smallest absolute Gasteiger partial charge is 0.132 e. The van der Waals surface area contributed by atoms with Gasteiger partial charge in [0, 0.05) is 11.4 Å². The summed E-state index contributed by atoms with van der Waals surface area (Å²) in [6, 6.07) is 11.2. The summed E-state index contributed by atoms with van der Waals surface area (Å²) in [4.78, 5) is 4.37. The summed E-state index contributed by atoms with van der Waals surface area (Å²) in [5.74, 6) is 1.11. The van der Waals surface area contributed by atoms with E-state index in [1.54, 1.807) is 18.5 Å². The van der Waals surface area contributed by atoms with Crippen LogP contribution >= 0.6 is 11.6 Å². The number of benzene rings is 1. The van der Waals surface area contributed by atoms with Gasteiger partial charge < -0.3 is 5.11 Å². The zero-order chi connectivity index (χ0) is 12.5. The summed E-state index contributed by atoms with van der Waals surface area (Å²) in [6.07, 6.45) is 4.14. The molecule has 2 aromatic heterocycles. The number of pyridine rings is 1. The molecule has 0 aliphatic heterocycles. The Hall–Kier alpha value is -2.00. The lowest BCUT2D eigenvalue weighted by Gasteiger charge is -2.03. The molecule has 0 saturated carbocycles. The molecule has 2 heterocycles. The Kier molecular flexibility index (Phi) is 2.68. The van der Waals surface area contributed by atoms with E-state index < -0.39 is 0 Å². The minimum absolute atomic E-state index is 0.229. The third kappa shape index (κ3) is 2.05. The van der Waals surface area contributed by atoms with Crippen LogP contribution in [0.3, 0.4) is 0 Å². The molecule has 0 amide bonds. The molecule has 3 nitrogen and oxygen atoms in total. The third-order valence-electron chi connectivity index (χ3n) is 2.84. The highest BCUT2D eigenvalue weighted by molar-refractivity contribution is 6.30. The molecule has 1 aromatic carbocycles. The average Bonchev–Trinajstić information content (AvgIpc) is 2.72. The van der Waals surface area contributed by atoms with Gasteiger partial charge in [0.15, 0.2) is 0 Å². The van der Waals surface area contributed by atoms with Gasteiger partial charge in [-0.2, -0.15) is 0 Å². The number of hydrogen-bond acceptors (Lipinski definition) is 2. The second-order valence-electron chi connectivity index (χ2n) is 4.16. The van der Waals surface area contributed by atoms with Crippen molar-refractivity contribution in [3.05, 3.63) is 65.2 Å². The summed E-state index contributed by atoms with van der Waals surface area (Å²) in [6.45, 7) is 0. The zero-order valence-corrected chi connectivity index (χ0v) is 10.3. The molecule has 0 atom stereocenters. The maximum absolute atomic E-state index is 9.51. The zero-order valence-electron chi connectivity index (χ0n) is 9.55. The molecular formula is C14H11ClN2O. The van der Waals surface area contributed by atoms with Crippen LogP contribution in [0.2, 0.25) is 5.02 Å². The van der Waals surface area contributed by atoms with Crippen molar-refractivity contribution < 1.29 is 5.11 Å². The predicted molar refractivity (Wildman–Crippen MR) is 71.1 cm³/mol. The Morgan fingerprint density at radius 3 is 2.94 bits per heavy atom. The van der Waals surface area contributed by atoms with Crippen molar-refractivity contribution >= 4 is 17.1 Å². The summed E-state index contributed by atoms with van der Waals surface area (Å²) in [5.41, 5.74) is 2.06. The van der Waals surface area contributed by atoms with Crippen LogP contribution in [0.5, 0.6) is 5.75 Å². The van der Waals surface area contributed by atoms with Gasteiger partial charge in [-0.25, -0.2) is 4.98 Å². The van der Waals surface area contributed by atoms with Gasteiger partial charge in [0.25, 0.3) is 0 Å². The lowest BCUT2D eigenvalue weighted by molar-refractivity contribution is 0.471. The maximum atomic E-state index is 9.51. The van der Waals surface area contributed by atoms with Crippen LogP contribution in [0.25, 0.3) is 5.52 Å². The number of nitrogens with zero attached hydrogens (tertiary/aromatic N) is 2.